The number of aliphatic hydroxyl groups excluding tert-OH is 8. The summed E-state index contributed by atoms with van der Waals surface area (Å²) in [5, 5.41) is 95.7. The highest BCUT2D eigenvalue weighted by Gasteiger charge is 2.69. The van der Waals surface area contributed by atoms with Gasteiger partial charge in [-0.05, 0) is 80.5 Å². The number of aliphatic hydroxyl groups is 9. The van der Waals surface area contributed by atoms with Crippen molar-refractivity contribution in [2.45, 2.75) is 196 Å². The third kappa shape index (κ3) is 10.4. The highest BCUT2D eigenvalue weighted by atomic mass is 32.3. The van der Waals surface area contributed by atoms with Crippen LogP contribution in [0, 0.1) is 46.3 Å². The minimum Gasteiger partial charge on any atom is -0.394 e. The van der Waals surface area contributed by atoms with Crippen molar-refractivity contribution in [3.8, 4) is 0 Å². The number of allylic oxidation sites excluding steroid dienone is 1. The molecule has 24 nitrogen and oxygen atoms in total. The molecule has 70 heavy (non-hydrogen) atoms. The summed E-state index contributed by atoms with van der Waals surface area (Å²) in [6.45, 7) is 8.38. The molecule has 4 aliphatic heterocycles. The summed E-state index contributed by atoms with van der Waals surface area (Å²) < 4.78 is 119. The van der Waals surface area contributed by atoms with Crippen LogP contribution in [0.1, 0.15) is 86.0 Å². The quantitative estimate of drug-likeness (QED) is 0.0652. The van der Waals surface area contributed by atoms with Crippen LogP contribution in [0.4, 0.5) is 0 Å². The predicted octanol–water partition coefficient (Wildman–Crippen LogP) is -1.57. The van der Waals surface area contributed by atoms with Crippen molar-refractivity contribution in [1.29, 1.82) is 0 Å². The van der Waals surface area contributed by atoms with E-state index in [4.69, 9.17) is 41.5 Å². The lowest BCUT2D eigenvalue weighted by atomic mass is 9.46. The van der Waals surface area contributed by atoms with Gasteiger partial charge in [-0.15, -0.1) is 0 Å². The fraction of sp³-hybridized carbons (Fsp3) is 0.955. The maximum Gasteiger partial charge on any atom is 0.397 e. The predicted molar refractivity (Wildman–Crippen MR) is 234 cm³/mol. The van der Waals surface area contributed by atoms with Crippen LogP contribution in [0.3, 0.4) is 0 Å². The van der Waals surface area contributed by atoms with E-state index in [0.29, 0.717) is 25.7 Å². The molecule has 0 spiro atoms. The summed E-state index contributed by atoms with van der Waals surface area (Å²) in [5.74, 6) is -1.91. The zero-order valence-corrected chi connectivity index (χ0v) is 41.3. The molecular formula is C44H72O24S2. The topological polar surface area (TPSA) is 374 Å². The minimum atomic E-state index is -5.16. The smallest absolute Gasteiger partial charge is 0.394 e. The van der Waals surface area contributed by atoms with E-state index in [9.17, 15) is 71.9 Å². The van der Waals surface area contributed by atoms with Crippen LogP contribution in [-0.4, -0.2) is 202 Å². The Morgan fingerprint density at radius 2 is 1.49 bits per heavy atom. The maximum absolute atomic E-state index is 12.2. The molecule has 26 heteroatoms. The van der Waals surface area contributed by atoms with Crippen molar-refractivity contribution < 1.29 is 113 Å². The summed E-state index contributed by atoms with van der Waals surface area (Å²) >= 11 is 0. The summed E-state index contributed by atoms with van der Waals surface area (Å²) in [4.78, 5) is 0. The van der Waals surface area contributed by atoms with Crippen LogP contribution in [0.15, 0.2) is 11.6 Å². The molecular weight excluding hydrogens is 977 g/mol. The summed E-state index contributed by atoms with van der Waals surface area (Å²) in [6, 6.07) is 0. The second-order valence-electron chi connectivity index (χ2n) is 21.6. The van der Waals surface area contributed by atoms with Gasteiger partial charge < -0.3 is 79.1 Å². The van der Waals surface area contributed by atoms with Gasteiger partial charge in [0.1, 0.15) is 61.0 Å². The molecule has 7 fully saturated rings. The number of rotatable bonds is 15. The fourth-order valence-electron chi connectivity index (χ4n) is 13.8. The van der Waals surface area contributed by atoms with Crippen LogP contribution < -0.4 is 0 Å². The molecule has 4 heterocycles. The Morgan fingerprint density at radius 1 is 0.814 bits per heavy atom. The SMILES string of the molecule is C[C@H](CC[C@@]1(O)O[C@H]2C[C@H]3[C@@H]4CC=C5C[C@@H](OS(=O)(=O)O)C[C@@H](O[C@@H]6OC[C@H](OS(=O)(=O)O)[C@H](O)[C@H]6O[C@@H]6O[C@@H](C)[C@H](O)[C@@H](O)[C@H]6O)[C@]5(C)[C@H]4CC[C@]3(C)[C@H]2[C@@H]1C)CO[C@@H]1O[C@H](CO)[C@@H](O)[C@H](O)[C@H]1O. The summed E-state index contributed by atoms with van der Waals surface area (Å²) in [7, 11) is -10.1. The number of fused-ring (bicyclic) bond motifs is 7. The van der Waals surface area contributed by atoms with Crippen molar-refractivity contribution in [3.05, 3.63) is 11.6 Å². The molecule has 0 amide bonds. The molecule has 4 saturated heterocycles. The van der Waals surface area contributed by atoms with E-state index in [2.05, 4.69) is 6.92 Å². The van der Waals surface area contributed by atoms with E-state index in [0.717, 1.165) is 12.0 Å². The molecule has 0 radical (unpaired) electrons. The Balaban J connectivity index is 0.995. The van der Waals surface area contributed by atoms with Gasteiger partial charge in [-0.2, -0.15) is 16.8 Å². The van der Waals surface area contributed by atoms with Gasteiger partial charge >= 0.3 is 20.8 Å². The van der Waals surface area contributed by atoms with Crippen molar-refractivity contribution in [2.24, 2.45) is 46.3 Å². The Labute approximate surface area is 407 Å². The van der Waals surface area contributed by atoms with E-state index in [1.807, 2.05) is 26.8 Å². The molecule has 3 saturated carbocycles. The van der Waals surface area contributed by atoms with E-state index < -0.39 is 143 Å². The van der Waals surface area contributed by atoms with Crippen LogP contribution in [0.2, 0.25) is 0 Å². The standard InChI is InChI=1S/C44H72O24S2/c1-18(16-60-39-36(51)35(50)32(47)27(15-45)63-39)8-11-44(53)19(2)30-26(66-44)14-25-23-7-6-21-12-22(67-69(54,55)56)13-29(43(21,5)24(23)9-10-42(25,30)4)64-41-38(33(48)28(17-61-41)68-70(57,58)59)65-40-37(52)34(49)31(46)20(3)62-40/h6,18-20,22-41,45-53H,7-17H2,1-5H3,(H,54,55,56)(H,57,58,59)/t18-,19+,20+,22-,23-,24+,25+,26+,27-,28+,29-,30+,31+,32-,33+,34-,35+,36-,37-,38-,39-,40+,41+,42+,43+,44-/m1/s1. The zero-order valence-electron chi connectivity index (χ0n) is 39.7. The normalized spacial score (nSPS) is 51.2. The Bertz CT molecular complexity index is 2100. The van der Waals surface area contributed by atoms with E-state index >= 15 is 0 Å². The van der Waals surface area contributed by atoms with Crippen molar-refractivity contribution >= 4 is 20.8 Å². The molecule has 26 atom stereocenters. The molecule has 0 bridgehead atoms. The molecule has 0 aromatic rings. The van der Waals surface area contributed by atoms with Gasteiger partial charge in [0.25, 0.3) is 0 Å². The average molecular weight is 1050 g/mol. The highest BCUT2D eigenvalue weighted by Crippen LogP contribution is 2.70. The molecule has 4 aliphatic carbocycles. The first-order chi connectivity index (χ1) is 32.6. The minimum absolute atomic E-state index is 0.0270. The lowest BCUT2D eigenvalue weighted by molar-refractivity contribution is -0.361. The van der Waals surface area contributed by atoms with Gasteiger partial charge in [0, 0.05) is 24.2 Å². The van der Waals surface area contributed by atoms with Gasteiger partial charge in [-0.1, -0.05) is 39.3 Å². The van der Waals surface area contributed by atoms with E-state index in [1.54, 1.807) is 0 Å². The Morgan fingerprint density at radius 3 is 2.16 bits per heavy atom. The van der Waals surface area contributed by atoms with Crippen molar-refractivity contribution in [1.82, 2.24) is 0 Å². The molecule has 8 aliphatic rings. The molecule has 0 aromatic carbocycles. The maximum atomic E-state index is 12.2. The Kier molecular flexibility index (Phi) is 16.1. The lowest BCUT2D eigenvalue weighted by Crippen LogP contribution is -2.64. The second-order valence-corrected chi connectivity index (χ2v) is 23.7. The first-order valence-corrected chi connectivity index (χ1v) is 27.0. The summed E-state index contributed by atoms with van der Waals surface area (Å²) in [6.07, 6.45) is -19.1. The first-order valence-electron chi connectivity index (χ1n) is 24.2. The van der Waals surface area contributed by atoms with E-state index in [-0.39, 0.29) is 72.9 Å². The lowest BCUT2D eigenvalue weighted by Gasteiger charge is -2.60. The monoisotopic (exact) mass is 1050 g/mol. The van der Waals surface area contributed by atoms with Gasteiger partial charge in [-0.25, -0.2) is 8.37 Å². The van der Waals surface area contributed by atoms with Crippen LogP contribution >= 0.6 is 0 Å². The second kappa shape index (κ2) is 20.4. The summed E-state index contributed by atoms with van der Waals surface area (Å²) in [5.41, 5.74) is -0.370. The molecule has 0 aromatic heterocycles. The van der Waals surface area contributed by atoms with Crippen LogP contribution in [0.25, 0.3) is 0 Å². The van der Waals surface area contributed by atoms with Crippen molar-refractivity contribution in [3.63, 3.8) is 0 Å². The van der Waals surface area contributed by atoms with E-state index in [1.165, 1.54) is 6.92 Å². The van der Waals surface area contributed by atoms with Gasteiger partial charge in [0.2, 0.25) is 0 Å². The zero-order chi connectivity index (χ0) is 51.2. The number of hydrogen-bond acceptors (Lipinski definition) is 22. The molecule has 8 rings (SSSR count). The molecule has 0 unspecified atom stereocenters. The Hall–Kier alpha value is -1.16. The fourth-order valence-corrected chi connectivity index (χ4v) is 14.8. The van der Waals surface area contributed by atoms with Gasteiger partial charge in [-0.3, -0.25) is 9.11 Å². The molecule has 404 valence electrons. The third-order valence-corrected chi connectivity index (χ3v) is 18.5. The first kappa shape index (κ1) is 55.1. The molecule has 11 N–H and O–H groups in total. The number of ether oxygens (including phenoxy) is 7. The highest BCUT2D eigenvalue weighted by molar-refractivity contribution is 7.81. The van der Waals surface area contributed by atoms with Gasteiger partial charge in [0.05, 0.1) is 44.2 Å². The largest absolute Gasteiger partial charge is 0.397 e. The van der Waals surface area contributed by atoms with Gasteiger partial charge in [0.15, 0.2) is 24.7 Å². The van der Waals surface area contributed by atoms with Crippen LogP contribution in [0.5, 0.6) is 0 Å². The van der Waals surface area contributed by atoms with Crippen LogP contribution in [-0.2, 0) is 62.3 Å². The van der Waals surface area contributed by atoms with Crippen molar-refractivity contribution in [2.75, 3.05) is 19.8 Å². The average Bonchev–Trinajstić information content (AvgIpc) is 3.72. The third-order valence-electron chi connectivity index (χ3n) is 17.5. The number of hydrogen-bond donors (Lipinski definition) is 11.